The quantitative estimate of drug-likeness (QED) is 0.833. The number of nitrogens with zero attached hydrogens (tertiary/aromatic N) is 2. The monoisotopic (exact) mass is 350 g/mol. The number of carbonyl (C=O) groups is 2. The molecule has 2 aromatic rings. The molecule has 2 aromatic carbocycles. The standard InChI is InChI=1S/C21H22N2O3/c1-22(2)19(24)13-23-18-11-7-6-10-16(18)17-12-21(17,20(23)25)14-26-15-8-4-3-5-9-15/h3-11,17H,12-14H2,1-2H3/t17-,21+/m0/s1. The number of hydrogen-bond donors (Lipinski definition) is 0. The Morgan fingerprint density at radius 1 is 1.15 bits per heavy atom. The summed E-state index contributed by atoms with van der Waals surface area (Å²) < 4.78 is 5.93. The van der Waals surface area contributed by atoms with Crippen LogP contribution in [-0.2, 0) is 9.59 Å². The summed E-state index contributed by atoms with van der Waals surface area (Å²) in [4.78, 5) is 28.7. The van der Waals surface area contributed by atoms with Gasteiger partial charge in [0.1, 0.15) is 18.9 Å². The summed E-state index contributed by atoms with van der Waals surface area (Å²) in [6.07, 6.45) is 0.766. The molecule has 4 rings (SSSR count). The summed E-state index contributed by atoms with van der Waals surface area (Å²) in [5.41, 5.74) is 1.43. The zero-order valence-corrected chi connectivity index (χ0v) is 15.0. The van der Waals surface area contributed by atoms with E-state index in [0.29, 0.717) is 6.61 Å². The fourth-order valence-corrected chi connectivity index (χ4v) is 3.74. The van der Waals surface area contributed by atoms with Crippen molar-refractivity contribution in [2.75, 3.05) is 32.1 Å². The van der Waals surface area contributed by atoms with E-state index < -0.39 is 5.41 Å². The minimum Gasteiger partial charge on any atom is -0.492 e. The van der Waals surface area contributed by atoms with Crippen molar-refractivity contribution in [1.29, 1.82) is 0 Å². The molecule has 1 saturated carbocycles. The molecule has 0 saturated heterocycles. The van der Waals surface area contributed by atoms with E-state index in [0.717, 1.165) is 23.4 Å². The average Bonchev–Trinajstić information content (AvgIpc) is 3.40. The molecule has 5 nitrogen and oxygen atoms in total. The van der Waals surface area contributed by atoms with Gasteiger partial charge in [-0.2, -0.15) is 0 Å². The maximum atomic E-state index is 13.3. The van der Waals surface area contributed by atoms with E-state index in [1.165, 1.54) is 4.90 Å². The van der Waals surface area contributed by atoms with Crippen LogP contribution in [0.4, 0.5) is 5.69 Å². The van der Waals surface area contributed by atoms with Crippen LogP contribution in [0.2, 0.25) is 0 Å². The van der Waals surface area contributed by atoms with Gasteiger partial charge in [-0.25, -0.2) is 0 Å². The Balaban J connectivity index is 1.62. The Morgan fingerprint density at radius 3 is 2.58 bits per heavy atom. The van der Waals surface area contributed by atoms with E-state index in [9.17, 15) is 9.59 Å². The molecule has 1 aliphatic heterocycles. The van der Waals surface area contributed by atoms with Gasteiger partial charge in [-0.1, -0.05) is 36.4 Å². The number of anilines is 1. The highest BCUT2D eigenvalue weighted by Crippen LogP contribution is 2.65. The number of benzene rings is 2. The lowest BCUT2D eigenvalue weighted by atomic mass is 9.92. The summed E-state index contributed by atoms with van der Waals surface area (Å²) in [6.45, 7) is 0.393. The lowest BCUT2D eigenvalue weighted by Gasteiger charge is -2.34. The number of para-hydroxylation sites is 2. The molecular formula is C21H22N2O3. The number of ether oxygens (including phenoxy) is 1. The minimum absolute atomic E-state index is 0.00710. The van der Waals surface area contributed by atoms with Crippen LogP contribution < -0.4 is 9.64 Å². The Hall–Kier alpha value is -2.82. The number of hydrogen-bond acceptors (Lipinski definition) is 3. The van der Waals surface area contributed by atoms with Gasteiger partial charge in [-0.3, -0.25) is 9.59 Å². The highest BCUT2D eigenvalue weighted by molar-refractivity contribution is 6.07. The van der Waals surface area contributed by atoms with Gasteiger partial charge in [0.2, 0.25) is 11.8 Å². The molecule has 0 radical (unpaired) electrons. The summed E-state index contributed by atoms with van der Waals surface area (Å²) in [5, 5.41) is 0. The van der Waals surface area contributed by atoms with Gasteiger partial charge in [0.05, 0.1) is 5.41 Å². The molecule has 1 aliphatic carbocycles. The molecule has 0 spiro atoms. The predicted molar refractivity (Wildman–Crippen MR) is 99.2 cm³/mol. The van der Waals surface area contributed by atoms with Crippen molar-refractivity contribution in [3.05, 3.63) is 60.2 Å². The van der Waals surface area contributed by atoms with Gasteiger partial charge in [-0.05, 0) is 30.2 Å². The molecule has 134 valence electrons. The normalized spacial score (nSPS) is 23.1. The SMILES string of the molecule is CN(C)C(=O)CN1C(=O)[C@@]2(COc3ccccc3)C[C@H]2c2ccccc21. The topological polar surface area (TPSA) is 49.9 Å². The summed E-state index contributed by atoms with van der Waals surface area (Å²) in [7, 11) is 3.41. The zero-order valence-electron chi connectivity index (χ0n) is 15.0. The van der Waals surface area contributed by atoms with Crippen LogP contribution in [0.25, 0.3) is 0 Å². The van der Waals surface area contributed by atoms with Crippen LogP contribution in [0.5, 0.6) is 5.75 Å². The number of fused-ring (bicyclic) bond motifs is 3. The Labute approximate surface area is 153 Å². The van der Waals surface area contributed by atoms with Crippen LogP contribution in [0.1, 0.15) is 17.9 Å². The second kappa shape index (κ2) is 6.16. The second-order valence-electron chi connectivity index (χ2n) is 7.25. The van der Waals surface area contributed by atoms with Gasteiger partial charge in [0, 0.05) is 25.7 Å². The van der Waals surface area contributed by atoms with E-state index in [-0.39, 0.29) is 24.3 Å². The molecular weight excluding hydrogens is 328 g/mol. The van der Waals surface area contributed by atoms with Crippen LogP contribution >= 0.6 is 0 Å². The Morgan fingerprint density at radius 2 is 1.85 bits per heavy atom. The van der Waals surface area contributed by atoms with E-state index in [1.54, 1.807) is 19.0 Å². The van der Waals surface area contributed by atoms with Gasteiger partial charge < -0.3 is 14.5 Å². The molecule has 0 N–H and O–H groups in total. The fourth-order valence-electron chi connectivity index (χ4n) is 3.74. The highest BCUT2D eigenvalue weighted by atomic mass is 16.5. The Bertz CT molecular complexity index is 849. The first-order valence-electron chi connectivity index (χ1n) is 8.82. The number of amides is 2. The van der Waals surface area contributed by atoms with Crippen LogP contribution in [0, 0.1) is 5.41 Å². The molecule has 0 bridgehead atoms. The number of rotatable bonds is 5. The first-order chi connectivity index (χ1) is 12.5. The van der Waals surface area contributed by atoms with Crippen molar-refractivity contribution in [2.24, 2.45) is 5.41 Å². The van der Waals surface area contributed by atoms with Crippen LogP contribution in [0.15, 0.2) is 54.6 Å². The van der Waals surface area contributed by atoms with Crippen molar-refractivity contribution >= 4 is 17.5 Å². The molecule has 5 heteroatoms. The third kappa shape index (κ3) is 2.64. The van der Waals surface area contributed by atoms with E-state index >= 15 is 0 Å². The van der Waals surface area contributed by atoms with Gasteiger partial charge in [0.25, 0.3) is 0 Å². The number of carbonyl (C=O) groups excluding carboxylic acids is 2. The fraction of sp³-hybridized carbons (Fsp3) is 0.333. The highest BCUT2D eigenvalue weighted by Gasteiger charge is 2.66. The third-order valence-corrected chi connectivity index (χ3v) is 5.38. The summed E-state index contributed by atoms with van der Waals surface area (Å²) >= 11 is 0. The van der Waals surface area contributed by atoms with Crippen molar-refractivity contribution < 1.29 is 14.3 Å². The third-order valence-electron chi connectivity index (χ3n) is 5.38. The summed E-state index contributed by atoms with van der Waals surface area (Å²) in [5.74, 6) is 0.828. The molecule has 2 atom stereocenters. The maximum absolute atomic E-state index is 13.3. The first-order valence-corrected chi connectivity index (χ1v) is 8.82. The molecule has 26 heavy (non-hydrogen) atoms. The van der Waals surface area contributed by atoms with Crippen molar-refractivity contribution in [3.8, 4) is 5.75 Å². The van der Waals surface area contributed by atoms with Crippen LogP contribution in [-0.4, -0.2) is 44.0 Å². The Kier molecular flexibility index (Phi) is 3.94. The second-order valence-corrected chi connectivity index (χ2v) is 7.25. The predicted octanol–water partition coefficient (Wildman–Crippen LogP) is 2.67. The van der Waals surface area contributed by atoms with Crippen molar-refractivity contribution in [3.63, 3.8) is 0 Å². The van der Waals surface area contributed by atoms with Crippen molar-refractivity contribution in [2.45, 2.75) is 12.3 Å². The van der Waals surface area contributed by atoms with E-state index in [4.69, 9.17) is 4.74 Å². The van der Waals surface area contributed by atoms with Gasteiger partial charge in [-0.15, -0.1) is 0 Å². The molecule has 1 heterocycles. The first kappa shape index (κ1) is 16.6. The lowest BCUT2D eigenvalue weighted by molar-refractivity contribution is -0.131. The molecule has 2 amide bonds. The average molecular weight is 350 g/mol. The van der Waals surface area contributed by atoms with E-state index in [2.05, 4.69) is 6.07 Å². The molecule has 0 unspecified atom stereocenters. The zero-order chi connectivity index (χ0) is 18.3. The molecule has 2 aliphatic rings. The smallest absolute Gasteiger partial charge is 0.242 e. The maximum Gasteiger partial charge on any atom is 0.242 e. The van der Waals surface area contributed by atoms with Crippen molar-refractivity contribution in [1.82, 2.24) is 4.90 Å². The van der Waals surface area contributed by atoms with Gasteiger partial charge in [0.15, 0.2) is 0 Å². The van der Waals surface area contributed by atoms with E-state index in [1.807, 2.05) is 48.5 Å². The number of likely N-dealkylation sites (N-methyl/N-ethyl adjacent to an activating group) is 1. The minimum atomic E-state index is -0.559. The lowest BCUT2D eigenvalue weighted by Crippen LogP contribution is -2.48. The largest absolute Gasteiger partial charge is 0.492 e. The summed E-state index contributed by atoms with van der Waals surface area (Å²) in [6, 6.07) is 17.4. The molecule has 0 aromatic heterocycles. The molecule has 1 fully saturated rings. The van der Waals surface area contributed by atoms with Crippen LogP contribution in [0.3, 0.4) is 0 Å². The van der Waals surface area contributed by atoms with Gasteiger partial charge >= 0.3 is 0 Å².